The van der Waals surface area contributed by atoms with E-state index in [2.05, 4.69) is 35.7 Å². The molecule has 0 aromatic carbocycles. The minimum atomic E-state index is 1.08. The Balaban J connectivity index is 2.37. The molecule has 2 aromatic rings. The van der Waals surface area contributed by atoms with Gasteiger partial charge in [0.05, 0.1) is 5.52 Å². The second kappa shape index (κ2) is 3.62. The van der Waals surface area contributed by atoms with E-state index in [9.17, 15) is 0 Å². The third-order valence-electron chi connectivity index (χ3n) is 3.72. The molecule has 16 heavy (non-hydrogen) atoms. The summed E-state index contributed by atoms with van der Waals surface area (Å²) in [4.78, 5) is 4.45. The maximum atomic E-state index is 4.45. The highest BCUT2D eigenvalue weighted by molar-refractivity contribution is 5.85. The molecule has 1 aliphatic carbocycles. The average Bonchev–Trinajstić information content (AvgIpc) is 2.61. The SMILES string of the molecule is CCn1c2c(c3cnc(C)cc31)CCCC2. The van der Waals surface area contributed by atoms with Gasteiger partial charge in [0.1, 0.15) is 0 Å². The van der Waals surface area contributed by atoms with Crippen molar-refractivity contribution in [3.63, 3.8) is 0 Å². The lowest BCUT2D eigenvalue weighted by Gasteiger charge is -2.14. The number of fused-ring (bicyclic) bond motifs is 3. The minimum Gasteiger partial charge on any atom is -0.344 e. The van der Waals surface area contributed by atoms with Crippen molar-refractivity contribution < 1.29 is 0 Å². The first-order valence-electron chi connectivity index (χ1n) is 6.28. The highest BCUT2D eigenvalue weighted by Gasteiger charge is 2.19. The van der Waals surface area contributed by atoms with Crippen molar-refractivity contribution >= 4 is 10.9 Å². The Labute approximate surface area is 96.3 Å². The van der Waals surface area contributed by atoms with Crippen LogP contribution >= 0.6 is 0 Å². The van der Waals surface area contributed by atoms with E-state index in [1.807, 2.05) is 0 Å². The van der Waals surface area contributed by atoms with Crippen molar-refractivity contribution in [2.24, 2.45) is 0 Å². The molecular formula is C14H18N2. The van der Waals surface area contributed by atoms with Crippen LogP contribution in [0.5, 0.6) is 0 Å². The van der Waals surface area contributed by atoms with Crippen LogP contribution in [-0.4, -0.2) is 9.55 Å². The van der Waals surface area contributed by atoms with Gasteiger partial charge in [-0.25, -0.2) is 0 Å². The van der Waals surface area contributed by atoms with Gasteiger partial charge in [-0.15, -0.1) is 0 Å². The van der Waals surface area contributed by atoms with Crippen LogP contribution in [0.1, 0.15) is 36.7 Å². The number of hydrogen-bond acceptors (Lipinski definition) is 1. The maximum absolute atomic E-state index is 4.45. The molecule has 0 bridgehead atoms. The molecule has 0 atom stereocenters. The summed E-state index contributed by atoms with van der Waals surface area (Å²) in [5.41, 5.74) is 5.64. The quantitative estimate of drug-likeness (QED) is 0.712. The van der Waals surface area contributed by atoms with Gasteiger partial charge in [-0.05, 0) is 51.2 Å². The molecule has 2 heteroatoms. The molecule has 0 N–H and O–H groups in total. The van der Waals surface area contributed by atoms with E-state index in [0.29, 0.717) is 0 Å². The minimum absolute atomic E-state index is 1.08. The molecule has 2 heterocycles. The summed E-state index contributed by atoms with van der Waals surface area (Å²) in [6.45, 7) is 5.39. The molecule has 84 valence electrons. The lowest BCUT2D eigenvalue weighted by molar-refractivity contribution is 0.630. The van der Waals surface area contributed by atoms with Crippen LogP contribution < -0.4 is 0 Å². The van der Waals surface area contributed by atoms with E-state index in [4.69, 9.17) is 0 Å². The zero-order chi connectivity index (χ0) is 11.1. The summed E-state index contributed by atoms with van der Waals surface area (Å²) in [6.07, 6.45) is 7.24. The fourth-order valence-corrected chi connectivity index (χ4v) is 2.99. The van der Waals surface area contributed by atoms with Gasteiger partial charge in [-0.3, -0.25) is 4.98 Å². The van der Waals surface area contributed by atoms with Crippen molar-refractivity contribution in [2.45, 2.75) is 46.1 Å². The first-order valence-corrected chi connectivity index (χ1v) is 6.28. The first kappa shape index (κ1) is 9.88. The summed E-state index contributed by atoms with van der Waals surface area (Å²) in [7, 11) is 0. The summed E-state index contributed by atoms with van der Waals surface area (Å²) in [5, 5.41) is 1.39. The predicted molar refractivity (Wildman–Crippen MR) is 66.8 cm³/mol. The normalized spacial score (nSPS) is 15.4. The van der Waals surface area contributed by atoms with Gasteiger partial charge in [0.15, 0.2) is 0 Å². The fraction of sp³-hybridized carbons (Fsp3) is 0.500. The number of hydrogen-bond donors (Lipinski definition) is 0. The van der Waals surface area contributed by atoms with Crippen LogP contribution in [0, 0.1) is 6.92 Å². The van der Waals surface area contributed by atoms with E-state index >= 15 is 0 Å². The molecule has 2 nitrogen and oxygen atoms in total. The molecule has 0 amide bonds. The van der Waals surface area contributed by atoms with Crippen molar-refractivity contribution in [3.8, 4) is 0 Å². The van der Waals surface area contributed by atoms with Gasteiger partial charge < -0.3 is 4.57 Å². The molecule has 0 aliphatic heterocycles. The number of rotatable bonds is 1. The van der Waals surface area contributed by atoms with Crippen molar-refractivity contribution in [1.82, 2.24) is 9.55 Å². The smallest absolute Gasteiger partial charge is 0.0519 e. The van der Waals surface area contributed by atoms with Crippen LogP contribution in [0.2, 0.25) is 0 Å². The monoisotopic (exact) mass is 214 g/mol. The second-order valence-electron chi connectivity index (χ2n) is 4.72. The van der Waals surface area contributed by atoms with Crippen LogP contribution in [0.15, 0.2) is 12.3 Å². The van der Waals surface area contributed by atoms with Gasteiger partial charge >= 0.3 is 0 Å². The standard InChI is InChI=1S/C14H18N2/c1-3-16-13-7-5-4-6-11(13)12-9-15-10(2)8-14(12)16/h8-9H,3-7H2,1-2H3. The van der Waals surface area contributed by atoms with Crippen LogP contribution in [0.4, 0.5) is 0 Å². The Hall–Kier alpha value is -1.31. The van der Waals surface area contributed by atoms with E-state index in [1.165, 1.54) is 36.6 Å². The Morgan fingerprint density at radius 2 is 2.12 bits per heavy atom. The highest BCUT2D eigenvalue weighted by atomic mass is 15.0. The summed E-state index contributed by atoms with van der Waals surface area (Å²) in [5.74, 6) is 0. The maximum Gasteiger partial charge on any atom is 0.0519 e. The zero-order valence-electron chi connectivity index (χ0n) is 10.1. The Morgan fingerprint density at radius 3 is 2.94 bits per heavy atom. The fourth-order valence-electron chi connectivity index (χ4n) is 2.99. The number of aromatic nitrogens is 2. The number of nitrogens with zero attached hydrogens (tertiary/aromatic N) is 2. The molecule has 2 aromatic heterocycles. The van der Waals surface area contributed by atoms with Crippen LogP contribution in [-0.2, 0) is 19.4 Å². The summed E-state index contributed by atoms with van der Waals surface area (Å²) >= 11 is 0. The Kier molecular flexibility index (Phi) is 2.23. The molecule has 0 radical (unpaired) electrons. The van der Waals surface area contributed by atoms with E-state index in [-0.39, 0.29) is 0 Å². The lowest BCUT2D eigenvalue weighted by atomic mass is 9.96. The summed E-state index contributed by atoms with van der Waals surface area (Å²) in [6, 6.07) is 2.23. The molecule has 3 rings (SSSR count). The van der Waals surface area contributed by atoms with Gasteiger partial charge in [-0.1, -0.05) is 0 Å². The van der Waals surface area contributed by atoms with Crippen molar-refractivity contribution in [3.05, 3.63) is 29.2 Å². The molecule has 0 fully saturated rings. The second-order valence-corrected chi connectivity index (χ2v) is 4.72. The third-order valence-corrected chi connectivity index (χ3v) is 3.72. The molecular weight excluding hydrogens is 196 g/mol. The molecule has 1 aliphatic rings. The molecule has 0 saturated heterocycles. The largest absolute Gasteiger partial charge is 0.344 e. The van der Waals surface area contributed by atoms with Gasteiger partial charge in [0.25, 0.3) is 0 Å². The average molecular weight is 214 g/mol. The lowest BCUT2D eigenvalue weighted by Crippen LogP contribution is -2.07. The topological polar surface area (TPSA) is 17.8 Å². The Morgan fingerprint density at radius 1 is 1.31 bits per heavy atom. The Bertz CT molecular complexity index is 537. The van der Waals surface area contributed by atoms with E-state index in [0.717, 1.165) is 12.2 Å². The van der Waals surface area contributed by atoms with E-state index < -0.39 is 0 Å². The molecule has 0 spiro atoms. The molecule has 0 saturated carbocycles. The van der Waals surface area contributed by atoms with Crippen LogP contribution in [0.25, 0.3) is 10.9 Å². The van der Waals surface area contributed by atoms with Crippen LogP contribution in [0.3, 0.4) is 0 Å². The highest BCUT2D eigenvalue weighted by Crippen LogP contribution is 2.31. The van der Waals surface area contributed by atoms with E-state index in [1.54, 1.807) is 11.3 Å². The number of aryl methyl sites for hydroxylation is 3. The van der Waals surface area contributed by atoms with Crippen molar-refractivity contribution in [1.29, 1.82) is 0 Å². The van der Waals surface area contributed by atoms with Gasteiger partial charge in [0, 0.05) is 29.5 Å². The first-order chi connectivity index (χ1) is 7.81. The summed E-state index contributed by atoms with van der Waals surface area (Å²) < 4.78 is 2.48. The van der Waals surface area contributed by atoms with Crippen molar-refractivity contribution in [2.75, 3.05) is 0 Å². The van der Waals surface area contributed by atoms with Gasteiger partial charge in [-0.2, -0.15) is 0 Å². The molecule has 0 unspecified atom stereocenters. The third kappa shape index (κ3) is 1.29. The predicted octanol–water partition coefficient (Wildman–Crippen LogP) is 3.24. The number of pyridine rings is 1. The zero-order valence-corrected chi connectivity index (χ0v) is 10.1. The van der Waals surface area contributed by atoms with Gasteiger partial charge in [0.2, 0.25) is 0 Å².